The molecule has 1 amide bonds. The van der Waals surface area contributed by atoms with Crippen LogP contribution in [0.5, 0.6) is 0 Å². The number of benzene rings is 1. The van der Waals surface area contributed by atoms with Crippen molar-refractivity contribution < 1.29 is 22.7 Å². The lowest BCUT2D eigenvalue weighted by molar-refractivity contribution is -0.146. The molecule has 5 rings (SSSR count). The van der Waals surface area contributed by atoms with Crippen LogP contribution in [-0.4, -0.2) is 71.8 Å². The predicted octanol–water partition coefficient (Wildman–Crippen LogP) is 2.84. The molecule has 1 unspecified atom stereocenters. The van der Waals surface area contributed by atoms with Gasteiger partial charge in [0.1, 0.15) is 11.1 Å². The quantitative estimate of drug-likeness (QED) is 0.527. The highest BCUT2D eigenvalue weighted by Gasteiger charge is 2.33. The zero-order chi connectivity index (χ0) is 24.0. The molecule has 2 aromatic heterocycles. The molecule has 0 radical (unpaired) electrons. The van der Waals surface area contributed by atoms with Gasteiger partial charge in [-0.15, -0.1) is 11.3 Å². The molecule has 34 heavy (non-hydrogen) atoms. The van der Waals surface area contributed by atoms with Crippen LogP contribution in [0.1, 0.15) is 33.7 Å². The van der Waals surface area contributed by atoms with Crippen molar-refractivity contribution in [2.75, 3.05) is 26.2 Å². The highest BCUT2D eigenvalue weighted by molar-refractivity contribution is 7.89. The summed E-state index contributed by atoms with van der Waals surface area (Å²) in [6.07, 6.45) is 1.75. The van der Waals surface area contributed by atoms with E-state index in [1.807, 2.05) is 0 Å². The van der Waals surface area contributed by atoms with Gasteiger partial charge in [-0.3, -0.25) is 9.59 Å². The molecule has 1 N–H and O–H groups in total. The minimum atomic E-state index is -3.73. The zero-order valence-corrected chi connectivity index (χ0v) is 20.8. The SMILES string of the molecule is CC(=O)OC1CCc2nc(C(=O)N3CCN(S(=O)(=O)c4cc5cc(Cl)ccc5[nH]4)CC3)sc2C1. The van der Waals surface area contributed by atoms with E-state index in [1.54, 1.807) is 29.2 Å². The summed E-state index contributed by atoms with van der Waals surface area (Å²) in [4.78, 5) is 34.4. The monoisotopic (exact) mass is 522 g/mol. The Labute approximate surface area is 205 Å². The van der Waals surface area contributed by atoms with E-state index in [0.29, 0.717) is 34.8 Å². The van der Waals surface area contributed by atoms with Gasteiger partial charge in [0, 0.05) is 60.3 Å². The Morgan fingerprint density at radius 1 is 1.21 bits per heavy atom. The Morgan fingerprint density at radius 2 is 1.97 bits per heavy atom. The Kier molecular flexibility index (Phi) is 6.13. The number of rotatable bonds is 4. The molecule has 2 aliphatic rings. The fourth-order valence-corrected chi connectivity index (χ4v) is 7.15. The second-order valence-electron chi connectivity index (χ2n) is 8.42. The van der Waals surface area contributed by atoms with Crippen molar-refractivity contribution in [2.24, 2.45) is 0 Å². The lowest BCUT2D eigenvalue weighted by Gasteiger charge is -2.33. The fourth-order valence-electron chi connectivity index (χ4n) is 4.39. The van der Waals surface area contributed by atoms with Gasteiger partial charge in [-0.1, -0.05) is 11.6 Å². The second kappa shape index (κ2) is 8.95. The molecule has 1 aliphatic carbocycles. The number of nitrogens with zero attached hydrogens (tertiary/aromatic N) is 3. The molecule has 1 atom stereocenters. The van der Waals surface area contributed by atoms with Crippen molar-refractivity contribution in [1.82, 2.24) is 19.2 Å². The second-order valence-corrected chi connectivity index (χ2v) is 11.9. The van der Waals surface area contributed by atoms with E-state index < -0.39 is 10.0 Å². The Balaban J connectivity index is 1.25. The number of aryl methyl sites for hydroxylation is 1. The summed E-state index contributed by atoms with van der Waals surface area (Å²) in [6, 6.07) is 6.74. The minimum absolute atomic E-state index is 0.111. The Hall–Kier alpha value is -2.47. The standard InChI is InChI=1S/C22H23ClN4O5S2/c1-13(28)32-16-3-5-18-19(12-16)33-21(25-18)22(29)26-6-8-27(9-7-26)34(30,31)20-11-14-10-15(23)2-4-17(14)24-20/h2,4,10-11,16,24H,3,5-9,12H2,1H3. The van der Waals surface area contributed by atoms with Crippen LogP contribution in [0.3, 0.4) is 0 Å². The molecular formula is C22H23ClN4O5S2. The molecule has 180 valence electrons. The third-order valence-corrected chi connectivity index (χ3v) is 9.28. The maximum Gasteiger partial charge on any atom is 0.302 e. The number of nitrogens with one attached hydrogen (secondary N) is 1. The largest absolute Gasteiger partial charge is 0.462 e. The number of halogens is 1. The number of sulfonamides is 1. The smallest absolute Gasteiger partial charge is 0.302 e. The number of thiazole rings is 1. The number of hydrogen-bond donors (Lipinski definition) is 1. The number of H-pyrrole nitrogens is 1. The van der Waals surface area contributed by atoms with Crippen LogP contribution in [-0.2, 0) is 32.4 Å². The maximum atomic E-state index is 13.1. The summed E-state index contributed by atoms with van der Waals surface area (Å²) < 4.78 is 33.0. The van der Waals surface area contributed by atoms with E-state index in [2.05, 4.69) is 9.97 Å². The lowest BCUT2D eigenvalue weighted by Crippen LogP contribution is -2.50. The first-order valence-electron chi connectivity index (χ1n) is 10.9. The molecule has 1 aliphatic heterocycles. The number of ether oxygens (including phenoxy) is 1. The molecule has 9 nitrogen and oxygen atoms in total. The van der Waals surface area contributed by atoms with Crippen LogP contribution >= 0.6 is 22.9 Å². The molecule has 1 fully saturated rings. The summed E-state index contributed by atoms with van der Waals surface area (Å²) in [5.74, 6) is -0.501. The number of aromatic nitrogens is 2. The van der Waals surface area contributed by atoms with Crippen LogP contribution < -0.4 is 0 Å². The first-order valence-corrected chi connectivity index (χ1v) is 13.6. The summed E-state index contributed by atoms with van der Waals surface area (Å²) in [5.41, 5.74) is 1.58. The maximum absolute atomic E-state index is 13.1. The molecule has 1 saturated heterocycles. The Bertz CT molecular complexity index is 1380. The van der Waals surface area contributed by atoms with Gasteiger partial charge in [0.2, 0.25) is 0 Å². The van der Waals surface area contributed by atoms with Gasteiger partial charge < -0.3 is 14.6 Å². The van der Waals surface area contributed by atoms with Gasteiger partial charge in [0.25, 0.3) is 15.9 Å². The molecule has 0 saturated carbocycles. The van der Waals surface area contributed by atoms with E-state index in [9.17, 15) is 18.0 Å². The number of aromatic amines is 1. The van der Waals surface area contributed by atoms with Crippen LogP contribution in [0.15, 0.2) is 29.3 Å². The van der Waals surface area contributed by atoms with Crippen molar-refractivity contribution in [3.8, 4) is 0 Å². The van der Waals surface area contributed by atoms with E-state index in [-0.39, 0.29) is 49.2 Å². The molecule has 3 aromatic rings. The van der Waals surface area contributed by atoms with Crippen LogP contribution in [0.2, 0.25) is 5.02 Å². The van der Waals surface area contributed by atoms with E-state index in [0.717, 1.165) is 16.0 Å². The van der Waals surface area contributed by atoms with Crippen molar-refractivity contribution in [3.63, 3.8) is 0 Å². The fraction of sp³-hybridized carbons (Fsp3) is 0.409. The topological polar surface area (TPSA) is 113 Å². The van der Waals surface area contributed by atoms with Crippen LogP contribution in [0.25, 0.3) is 10.9 Å². The zero-order valence-electron chi connectivity index (χ0n) is 18.4. The average Bonchev–Trinajstić information content (AvgIpc) is 3.42. The van der Waals surface area contributed by atoms with E-state index >= 15 is 0 Å². The molecular weight excluding hydrogens is 500 g/mol. The molecule has 0 spiro atoms. The number of piperazine rings is 1. The first-order chi connectivity index (χ1) is 16.2. The highest BCUT2D eigenvalue weighted by Crippen LogP contribution is 2.30. The summed E-state index contributed by atoms with van der Waals surface area (Å²) in [7, 11) is -3.73. The highest BCUT2D eigenvalue weighted by atomic mass is 35.5. The van der Waals surface area contributed by atoms with Gasteiger partial charge in [-0.25, -0.2) is 13.4 Å². The normalized spacial score (nSPS) is 19.2. The molecule has 1 aromatic carbocycles. The number of hydrogen-bond acceptors (Lipinski definition) is 7. The van der Waals surface area contributed by atoms with E-state index in [4.69, 9.17) is 16.3 Å². The lowest BCUT2D eigenvalue weighted by atomic mass is 10.00. The van der Waals surface area contributed by atoms with E-state index in [1.165, 1.54) is 22.6 Å². The number of carbonyl (C=O) groups excluding carboxylic acids is 2. The van der Waals surface area contributed by atoms with Crippen molar-refractivity contribution in [2.45, 2.75) is 37.3 Å². The molecule has 12 heteroatoms. The number of carbonyl (C=O) groups is 2. The van der Waals surface area contributed by atoms with Gasteiger partial charge >= 0.3 is 5.97 Å². The van der Waals surface area contributed by atoms with Crippen LogP contribution in [0.4, 0.5) is 0 Å². The summed E-state index contributed by atoms with van der Waals surface area (Å²) in [6.45, 7) is 2.35. The Morgan fingerprint density at radius 3 is 2.71 bits per heavy atom. The minimum Gasteiger partial charge on any atom is -0.462 e. The predicted molar refractivity (Wildman–Crippen MR) is 128 cm³/mol. The third-order valence-electron chi connectivity index (χ3n) is 6.11. The van der Waals surface area contributed by atoms with Gasteiger partial charge in [0.05, 0.1) is 5.69 Å². The van der Waals surface area contributed by atoms with Crippen molar-refractivity contribution in [3.05, 3.63) is 44.9 Å². The molecule has 3 heterocycles. The van der Waals surface area contributed by atoms with Gasteiger partial charge in [-0.2, -0.15) is 4.31 Å². The number of amides is 1. The van der Waals surface area contributed by atoms with Crippen LogP contribution in [0, 0.1) is 0 Å². The van der Waals surface area contributed by atoms with Crippen molar-refractivity contribution >= 4 is 55.7 Å². The van der Waals surface area contributed by atoms with Gasteiger partial charge in [0.15, 0.2) is 5.01 Å². The van der Waals surface area contributed by atoms with Gasteiger partial charge in [-0.05, 0) is 37.1 Å². The average molecular weight is 523 g/mol. The first kappa shape index (κ1) is 23.3. The van der Waals surface area contributed by atoms with Crippen molar-refractivity contribution in [1.29, 1.82) is 0 Å². The third kappa shape index (κ3) is 4.45. The summed E-state index contributed by atoms with van der Waals surface area (Å²) in [5, 5.41) is 1.77. The molecule has 0 bridgehead atoms. The number of esters is 1. The summed E-state index contributed by atoms with van der Waals surface area (Å²) >= 11 is 7.35. The number of fused-ring (bicyclic) bond motifs is 2.